The maximum atomic E-state index is 5.53. The first-order valence-corrected chi connectivity index (χ1v) is 9.50. The molecule has 1 aliphatic heterocycles. The first-order valence-electron chi connectivity index (χ1n) is 9.50. The minimum Gasteiger partial charge on any atom is -0.381 e. The van der Waals surface area contributed by atoms with Gasteiger partial charge in [-0.15, -0.1) is 0 Å². The Morgan fingerprint density at radius 3 is 2.10 bits per heavy atom. The van der Waals surface area contributed by atoms with Crippen LogP contribution in [-0.2, 0) is 4.74 Å². The van der Waals surface area contributed by atoms with Crippen molar-refractivity contribution < 1.29 is 4.74 Å². The third kappa shape index (κ3) is 3.03. The van der Waals surface area contributed by atoms with E-state index in [4.69, 9.17) is 4.74 Å². The van der Waals surface area contributed by atoms with Crippen molar-refractivity contribution >= 4 is 0 Å². The molecule has 1 N–H and O–H groups in total. The van der Waals surface area contributed by atoms with Gasteiger partial charge in [0.15, 0.2) is 0 Å². The molecule has 0 amide bonds. The van der Waals surface area contributed by atoms with Crippen LogP contribution >= 0.6 is 0 Å². The summed E-state index contributed by atoms with van der Waals surface area (Å²) in [6.45, 7) is 2.00. The van der Waals surface area contributed by atoms with Crippen molar-refractivity contribution in [2.75, 3.05) is 20.3 Å². The number of hydrogen-bond acceptors (Lipinski definition) is 2. The average molecular weight is 291 g/mol. The van der Waals surface area contributed by atoms with Crippen LogP contribution in [0.15, 0.2) is 0 Å². The summed E-state index contributed by atoms with van der Waals surface area (Å²) in [6, 6.07) is 0.754. The SMILES string of the molecule is CNC(CC1CCOCC1)CC12CC3CC(CC(C3)C1)C2. The van der Waals surface area contributed by atoms with Gasteiger partial charge in [-0.3, -0.25) is 0 Å². The number of ether oxygens (including phenoxy) is 1. The second kappa shape index (κ2) is 5.85. The lowest BCUT2D eigenvalue weighted by Gasteiger charge is -2.58. The average Bonchev–Trinajstić information content (AvgIpc) is 2.46. The fraction of sp³-hybridized carbons (Fsp3) is 1.00. The topological polar surface area (TPSA) is 21.3 Å². The van der Waals surface area contributed by atoms with E-state index in [0.29, 0.717) is 0 Å². The molecule has 2 heteroatoms. The molecule has 1 saturated heterocycles. The van der Waals surface area contributed by atoms with Gasteiger partial charge < -0.3 is 10.1 Å². The Morgan fingerprint density at radius 1 is 1.00 bits per heavy atom. The highest BCUT2D eigenvalue weighted by atomic mass is 16.5. The first-order chi connectivity index (χ1) is 10.2. The summed E-state index contributed by atoms with van der Waals surface area (Å²) in [6.07, 6.45) is 14.8. The van der Waals surface area contributed by atoms with Crippen LogP contribution in [-0.4, -0.2) is 26.3 Å². The fourth-order valence-electron chi connectivity index (χ4n) is 6.75. The second-order valence-electron chi connectivity index (χ2n) is 8.90. The molecule has 1 unspecified atom stereocenters. The van der Waals surface area contributed by atoms with Gasteiger partial charge in [-0.25, -0.2) is 0 Å². The van der Waals surface area contributed by atoms with E-state index in [0.717, 1.165) is 48.3 Å². The predicted octanol–water partition coefficient (Wildman–Crippen LogP) is 4.00. The van der Waals surface area contributed by atoms with Crippen LogP contribution in [0, 0.1) is 29.1 Å². The third-order valence-electron chi connectivity index (χ3n) is 7.21. The molecule has 5 rings (SSSR count). The minimum atomic E-state index is 0.730. The van der Waals surface area contributed by atoms with Gasteiger partial charge in [0.05, 0.1) is 0 Å². The lowest BCUT2D eigenvalue weighted by atomic mass is 9.48. The molecule has 5 fully saturated rings. The van der Waals surface area contributed by atoms with E-state index in [1.165, 1.54) is 25.7 Å². The van der Waals surface area contributed by atoms with Gasteiger partial charge >= 0.3 is 0 Å². The largest absolute Gasteiger partial charge is 0.381 e. The van der Waals surface area contributed by atoms with Crippen molar-refractivity contribution in [3.63, 3.8) is 0 Å². The molecule has 2 nitrogen and oxygen atoms in total. The molecule has 0 aromatic heterocycles. The van der Waals surface area contributed by atoms with Crippen molar-refractivity contribution in [3.05, 3.63) is 0 Å². The van der Waals surface area contributed by atoms with Crippen LogP contribution < -0.4 is 5.32 Å². The summed E-state index contributed by atoms with van der Waals surface area (Å²) in [4.78, 5) is 0. The highest BCUT2D eigenvalue weighted by Gasteiger charge is 2.51. The Bertz CT molecular complexity index is 325. The van der Waals surface area contributed by atoms with Gasteiger partial charge in [0, 0.05) is 19.3 Å². The summed E-state index contributed by atoms with van der Waals surface area (Å²) in [5.74, 6) is 4.19. The molecule has 1 heterocycles. The minimum absolute atomic E-state index is 0.730. The normalized spacial score (nSPS) is 44.1. The van der Waals surface area contributed by atoms with E-state index in [1.54, 1.807) is 38.5 Å². The quantitative estimate of drug-likeness (QED) is 0.826. The Labute approximate surface area is 130 Å². The van der Waals surface area contributed by atoms with Crippen molar-refractivity contribution in [1.82, 2.24) is 5.32 Å². The van der Waals surface area contributed by atoms with E-state index in [-0.39, 0.29) is 0 Å². The predicted molar refractivity (Wildman–Crippen MR) is 86.2 cm³/mol. The molecule has 0 radical (unpaired) electrons. The summed E-state index contributed by atoms with van der Waals surface area (Å²) in [7, 11) is 2.20. The summed E-state index contributed by atoms with van der Waals surface area (Å²) >= 11 is 0. The second-order valence-corrected chi connectivity index (χ2v) is 8.90. The van der Waals surface area contributed by atoms with E-state index in [2.05, 4.69) is 12.4 Å². The summed E-state index contributed by atoms with van der Waals surface area (Å²) in [5, 5.41) is 3.68. The molecule has 4 aliphatic carbocycles. The molecule has 0 spiro atoms. The Morgan fingerprint density at radius 2 is 1.57 bits per heavy atom. The van der Waals surface area contributed by atoms with Crippen LogP contribution in [0.1, 0.15) is 64.2 Å². The summed E-state index contributed by atoms with van der Waals surface area (Å²) < 4.78 is 5.53. The molecule has 0 aromatic carbocycles. The first kappa shape index (κ1) is 14.5. The third-order valence-corrected chi connectivity index (χ3v) is 7.21. The molecule has 4 bridgehead atoms. The van der Waals surface area contributed by atoms with E-state index >= 15 is 0 Å². The van der Waals surface area contributed by atoms with Crippen LogP contribution in [0.4, 0.5) is 0 Å². The molecule has 0 aromatic rings. The fourth-order valence-corrected chi connectivity index (χ4v) is 6.75. The van der Waals surface area contributed by atoms with Gasteiger partial charge in [-0.1, -0.05) is 0 Å². The van der Waals surface area contributed by atoms with Gasteiger partial charge in [0.25, 0.3) is 0 Å². The van der Waals surface area contributed by atoms with Crippen molar-refractivity contribution in [2.24, 2.45) is 29.1 Å². The van der Waals surface area contributed by atoms with Crippen LogP contribution in [0.5, 0.6) is 0 Å². The molecular formula is C19H33NO. The maximum absolute atomic E-state index is 5.53. The zero-order valence-electron chi connectivity index (χ0n) is 13.8. The van der Waals surface area contributed by atoms with Gasteiger partial charge in [-0.05, 0) is 100 Å². The maximum Gasteiger partial charge on any atom is 0.0468 e. The standard InChI is InChI=1S/C19H33NO/c1-20-18(9-14-2-4-21-5-3-14)13-19-10-15-6-16(11-19)8-17(7-15)12-19/h14-18,20H,2-13H2,1H3. The molecule has 4 saturated carbocycles. The lowest BCUT2D eigenvalue weighted by Crippen LogP contribution is -2.48. The molecule has 1 atom stereocenters. The van der Waals surface area contributed by atoms with Gasteiger partial charge in [-0.2, -0.15) is 0 Å². The van der Waals surface area contributed by atoms with Gasteiger partial charge in [0.2, 0.25) is 0 Å². The molecule has 5 aliphatic rings. The zero-order chi connectivity index (χ0) is 14.3. The van der Waals surface area contributed by atoms with Crippen molar-refractivity contribution in [3.8, 4) is 0 Å². The molecule has 21 heavy (non-hydrogen) atoms. The molecule has 120 valence electrons. The highest BCUT2D eigenvalue weighted by Crippen LogP contribution is 2.61. The zero-order valence-corrected chi connectivity index (χ0v) is 13.8. The number of hydrogen-bond donors (Lipinski definition) is 1. The van der Waals surface area contributed by atoms with Crippen molar-refractivity contribution in [2.45, 2.75) is 70.3 Å². The number of rotatable bonds is 5. The van der Waals surface area contributed by atoms with Gasteiger partial charge in [0.1, 0.15) is 0 Å². The van der Waals surface area contributed by atoms with Crippen LogP contribution in [0.3, 0.4) is 0 Å². The Kier molecular flexibility index (Phi) is 4.04. The van der Waals surface area contributed by atoms with E-state index in [1.807, 2.05) is 0 Å². The number of nitrogens with one attached hydrogen (secondary N) is 1. The molecular weight excluding hydrogens is 258 g/mol. The smallest absolute Gasteiger partial charge is 0.0468 e. The van der Waals surface area contributed by atoms with E-state index < -0.39 is 0 Å². The van der Waals surface area contributed by atoms with Crippen molar-refractivity contribution in [1.29, 1.82) is 0 Å². The summed E-state index contributed by atoms with van der Waals surface area (Å²) in [5.41, 5.74) is 0.730. The Balaban J connectivity index is 1.39. The van der Waals surface area contributed by atoms with Crippen LogP contribution in [0.25, 0.3) is 0 Å². The Hall–Kier alpha value is -0.0800. The lowest BCUT2D eigenvalue weighted by molar-refractivity contribution is -0.0634. The monoisotopic (exact) mass is 291 g/mol. The van der Waals surface area contributed by atoms with Crippen LogP contribution in [0.2, 0.25) is 0 Å². The highest BCUT2D eigenvalue weighted by molar-refractivity contribution is 5.02. The van der Waals surface area contributed by atoms with E-state index in [9.17, 15) is 0 Å².